The van der Waals surface area contributed by atoms with Crippen molar-refractivity contribution < 1.29 is 14.3 Å². The molecule has 174 valence electrons. The van der Waals surface area contributed by atoms with Crippen LogP contribution in [0.25, 0.3) is 22.2 Å². The molecule has 1 heterocycles. The highest BCUT2D eigenvalue weighted by Gasteiger charge is 2.58. The summed E-state index contributed by atoms with van der Waals surface area (Å²) in [6.45, 7) is 11.6. The first kappa shape index (κ1) is 22.1. The molecule has 3 aromatic rings. The maximum Gasteiger partial charge on any atom is 0.312 e. The van der Waals surface area contributed by atoms with Crippen LogP contribution in [0.4, 0.5) is 0 Å². The molecular formula is C29H35NO3. The monoisotopic (exact) mass is 445 g/mol. The highest BCUT2D eigenvalue weighted by atomic mass is 16.5. The third-order valence-corrected chi connectivity index (χ3v) is 8.32. The smallest absolute Gasteiger partial charge is 0.312 e. The van der Waals surface area contributed by atoms with E-state index in [0.29, 0.717) is 12.5 Å². The Labute approximate surface area is 196 Å². The fourth-order valence-corrected chi connectivity index (χ4v) is 6.78. The molecule has 0 spiro atoms. The van der Waals surface area contributed by atoms with Crippen LogP contribution in [0.2, 0.25) is 0 Å². The summed E-state index contributed by atoms with van der Waals surface area (Å²) in [7, 11) is 1.52. The number of aromatic amines is 1. The molecule has 2 aliphatic rings. The van der Waals surface area contributed by atoms with Crippen molar-refractivity contribution in [3.8, 4) is 17.0 Å². The summed E-state index contributed by atoms with van der Waals surface area (Å²) in [5, 5.41) is 1.16. The third kappa shape index (κ3) is 3.06. The maximum atomic E-state index is 13.3. The number of H-pyrrole nitrogens is 1. The molecular weight excluding hydrogens is 410 g/mol. The van der Waals surface area contributed by atoms with E-state index in [2.05, 4.69) is 63.0 Å². The number of hydrogen-bond acceptors (Lipinski definition) is 3. The van der Waals surface area contributed by atoms with Gasteiger partial charge in [0.1, 0.15) is 5.75 Å². The molecule has 1 aromatic heterocycles. The molecule has 4 heteroatoms. The van der Waals surface area contributed by atoms with E-state index in [1.807, 2.05) is 13.0 Å². The second-order valence-electron chi connectivity index (χ2n) is 10.6. The lowest BCUT2D eigenvalue weighted by molar-refractivity contribution is -0.157. The van der Waals surface area contributed by atoms with Crippen LogP contribution in [0, 0.1) is 5.41 Å². The van der Waals surface area contributed by atoms with Crippen molar-refractivity contribution in [2.24, 2.45) is 5.41 Å². The van der Waals surface area contributed by atoms with Crippen molar-refractivity contribution in [2.45, 2.75) is 71.1 Å². The molecule has 0 unspecified atom stereocenters. The number of nitrogens with one attached hydrogen (secondary N) is 1. The van der Waals surface area contributed by atoms with Crippen LogP contribution in [-0.4, -0.2) is 24.7 Å². The fraction of sp³-hybridized carbons (Fsp3) is 0.483. The second kappa shape index (κ2) is 7.65. The van der Waals surface area contributed by atoms with Gasteiger partial charge in [-0.3, -0.25) is 4.79 Å². The van der Waals surface area contributed by atoms with Crippen molar-refractivity contribution in [1.29, 1.82) is 0 Å². The lowest BCUT2D eigenvalue weighted by Gasteiger charge is -2.54. The van der Waals surface area contributed by atoms with Crippen molar-refractivity contribution in [3.63, 3.8) is 0 Å². The fourth-order valence-electron chi connectivity index (χ4n) is 6.78. The molecule has 0 aliphatic heterocycles. The van der Waals surface area contributed by atoms with Gasteiger partial charge >= 0.3 is 5.97 Å². The van der Waals surface area contributed by atoms with Gasteiger partial charge in [0, 0.05) is 27.8 Å². The van der Waals surface area contributed by atoms with Gasteiger partial charge in [-0.25, -0.2) is 0 Å². The Hall–Kier alpha value is -2.75. The predicted octanol–water partition coefficient (Wildman–Crippen LogP) is 7.08. The van der Waals surface area contributed by atoms with Crippen LogP contribution >= 0.6 is 0 Å². The standard InChI is InChI=1S/C29H35NO3/c1-7-33-19-10-12-23-21(16-19)24-25(30-23)20-15-18(17(2)3)9-11-22(20)28(4)13-8-14-29(5,26(24)28)27(31)32-6/h9-12,15-17,26,30H,7-8,13-14H2,1-6H3/t26-,28-,29-/m1/s1. The summed E-state index contributed by atoms with van der Waals surface area (Å²) in [5.74, 6) is 1.22. The Morgan fingerprint density at radius 2 is 1.94 bits per heavy atom. The Morgan fingerprint density at radius 3 is 2.64 bits per heavy atom. The van der Waals surface area contributed by atoms with Crippen LogP contribution in [0.5, 0.6) is 5.75 Å². The van der Waals surface area contributed by atoms with Gasteiger partial charge in [-0.2, -0.15) is 0 Å². The molecule has 33 heavy (non-hydrogen) atoms. The van der Waals surface area contributed by atoms with Gasteiger partial charge in [0.15, 0.2) is 0 Å². The van der Waals surface area contributed by atoms with Gasteiger partial charge in [0.25, 0.3) is 0 Å². The summed E-state index contributed by atoms with van der Waals surface area (Å²) >= 11 is 0. The number of hydrogen-bond donors (Lipinski definition) is 1. The molecule has 0 bridgehead atoms. The lowest BCUT2D eigenvalue weighted by atomic mass is 9.49. The van der Waals surface area contributed by atoms with Crippen LogP contribution in [0.3, 0.4) is 0 Å². The van der Waals surface area contributed by atoms with Crippen molar-refractivity contribution in [3.05, 3.63) is 53.1 Å². The molecule has 2 aliphatic carbocycles. The topological polar surface area (TPSA) is 51.3 Å². The quantitative estimate of drug-likeness (QED) is 0.437. The third-order valence-electron chi connectivity index (χ3n) is 8.32. The summed E-state index contributed by atoms with van der Waals surface area (Å²) in [6.07, 6.45) is 2.89. The molecule has 2 aromatic carbocycles. The zero-order valence-electron chi connectivity index (χ0n) is 20.7. The number of esters is 1. The Bertz CT molecular complexity index is 1240. The van der Waals surface area contributed by atoms with E-state index in [9.17, 15) is 4.79 Å². The Morgan fingerprint density at radius 1 is 1.15 bits per heavy atom. The Kier molecular flexibility index (Phi) is 5.11. The van der Waals surface area contributed by atoms with E-state index in [4.69, 9.17) is 9.47 Å². The minimum atomic E-state index is -0.596. The average Bonchev–Trinajstić information content (AvgIpc) is 3.17. The second-order valence-corrected chi connectivity index (χ2v) is 10.6. The zero-order chi connectivity index (χ0) is 23.5. The highest BCUT2D eigenvalue weighted by molar-refractivity contribution is 5.96. The number of carbonyl (C=O) groups excluding carboxylic acids is 1. The zero-order valence-corrected chi connectivity index (χ0v) is 20.7. The summed E-state index contributed by atoms with van der Waals surface area (Å²) in [5.41, 5.74) is 6.69. The van der Waals surface area contributed by atoms with Crippen LogP contribution in [0.15, 0.2) is 36.4 Å². The molecule has 1 saturated carbocycles. The van der Waals surface area contributed by atoms with Crippen molar-refractivity contribution >= 4 is 16.9 Å². The molecule has 1 fully saturated rings. The summed E-state index contributed by atoms with van der Waals surface area (Å²) in [6, 6.07) is 13.2. The van der Waals surface area contributed by atoms with Crippen LogP contribution < -0.4 is 4.74 Å². The van der Waals surface area contributed by atoms with Gasteiger partial charge in [-0.05, 0) is 73.6 Å². The minimum Gasteiger partial charge on any atom is -0.494 e. The van der Waals surface area contributed by atoms with Crippen LogP contribution in [-0.2, 0) is 14.9 Å². The first-order valence-electron chi connectivity index (χ1n) is 12.3. The van der Waals surface area contributed by atoms with E-state index in [0.717, 1.165) is 41.6 Å². The summed E-state index contributed by atoms with van der Waals surface area (Å²) in [4.78, 5) is 17.1. The number of methoxy groups -OCH3 is 1. The van der Waals surface area contributed by atoms with Crippen molar-refractivity contribution in [1.82, 2.24) is 4.98 Å². The maximum absolute atomic E-state index is 13.3. The highest BCUT2D eigenvalue weighted by Crippen LogP contribution is 2.64. The predicted molar refractivity (Wildman–Crippen MR) is 133 cm³/mol. The van der Waals surface area contributed by atoms with Gasteiger partial charge in [0.05, 0.1) is 24.8 Å². The Balaban J connectivity index is 1.87. The van der Waals surface area contributed by atoms with Crippen molar-refractivity contribution in [2.75, 3.05) is 13.7 Å². The SMILES string of the molecule is CCOc1ccc2[nH]c3c(c2c1)[C@H]1[C@](C)(C(=O)OC)CCC[C@]1(C)c1ccc(C(C)C)cc1-3. The molecule has 1 N–H and O–H groups in total. The van der Waals surface area contributed by atoms with Gasteiger partial charge in [0.2, 0.25) is 0 Å². The van der Waals surface area contributed by atoms with Gasteiger partial charge < -0.3 is 14.5 Å². The van der Waals surface area contributed by atoms with E-state index in [1.165, 1.54) is 29.4 Å². The molecule has 3 atom stereocenters. The normalized spacial score (nSPS) is 26.0. The van der Waals surface area contributed by atoms with Crippen LogP contribution in [0.1, 0.15) is 82.4 Å². The largest absolute Gasteiger partial charge is 0.494 e. The molecule has 0 saturated heterocycles. The number of ether oxygens (including phenoxy) is 2. The van der Waals surface area contributed by atoms with E-state index < -0.39 is 5.41 Å². The first-order valence-corrected chi connectivity index (χ1v) is 12.3. The molecule has 0 amide bonds. The number of benzene rings is 2. The molecule has 0 radical (unpaired) electrons. The van der Waals surface area contributed by atoms with E-state index in [1.54, 1.807) is 0 Å². The van der Waals surface area contributed by atoms with E-state index in [-0.39, 0.29) is 17.3 Å². The number of fused-ring (bicyclic) bond motifs is 8. The number of rotatable bonds is 4. The molecule has 4 nitrogen and oxygen atoms in total. The van der Waals surface area contributed by atoms with E-state index >= 15 is 0 Å². The summed E-state index contributed by atoms with van der Waals surface area (Å²) < 4.78 is 11.3. The molecule has 5 rings (SSSR count). The van der Waals surface area contributed by atoms with Gasteiger partial charge in [-0.1, -0.05) is 39.3 Å². The minimum absolute atomic E-state index is 0.0178. The number of carbonyl (C=O) groups is 1. The average molecular weight is 446 g/mol. The van der Waals surface area contributed by atoms with Gasteiger partial charge in [-0.15, -0.1) is 0 Å². The lowest BCUT2D eigenvalue weighted by Crippen LogP contribution is -2.50. The first-order chi connectivity index (χ1) is 15.7. The number of aromatic nitrogens is 1.